The molecule has 1 N–H and O–H groups in total. The van der Waals surface area contributed by atoms with Crippen molar-refractivity contribution in [3.63, 3.8) is 0 Å². The van der Waals surface area contributed by atoms with E-state index in [-0.39, 0.29) is 5.91 Å². The Morgan fingerprint density at radius 1 is 1.50 bits per heavy atom. The zero-order valence-electron chi connectivity index (χ0n) is 10.7. The van der Waals surface area contributed by atoms with E-state index in [0.717, 1.165) is 29.6 Å². The lowest BCUT2D eigenvalue weighted by Gasteiger charge is -2.16. The lowest BCUT2D eigenvalue weighted by Crippen LogP contribution is -2.35. The predicted molar refractivity (Wildman–Crippen MR) is 73.5 cm³/mol. The van der Waals surface area contributed by atoms with Gasteiger partial charge in [0.15, 0.2) is 0 Å². The van der Waals surface area contributed by atoms with Crippen molar-refractivity contribution in [2.75, 3.05) is 20.1 Å². The van der Waals surface area contributed by atoms with E-state index < -0.39 is 0 Å². The highest BCUT2D eigenvalue weighted by Crippen LogP contribution is 2.27. The molecule has 0 unspecified atom stereocenters. The first-order valence-corrected chi connectivity index (χ1v) is 6.71. The SMILES string of the molecule is CN(CC(=O)NCC1CC1)Cc1cccc(Cl)c1. The Labute approximate surface area is 113 Å². The zero-order valence-corrected chi connectivity index (χ0v) is 11.4. The summed E-state index contributed by atoms with van der Waals surface area (Å²) in [5.41, 5.74) is 1.12. The summed E-state index contributed by atoms with van der Waals surface area (Å²) in [6.45, 7) is 2.00. The molecule has 1 amide bonds. The summed E-state index contributed by atoms with van der Waals surface area (Å²) in [5.74, 6) is 0.832. The number of hydrogen-bond donors (Lipinski definition) is 1. The van der Waals surface area contributed by atoms with Gasteiger partial charge in [-0.3, -0.25) is 9.69 Å². The fourth-order valence-electron chi connectivity index (χ4n) is 1.88. The van der Waals surface area contributed by atoms with E-state index in [2.05, 4.69) is 5.32 Å². The number of nitrogens with one attached hydrogen (secondary N) is 1. The fraction of sp³-hybridized carbons (Fsp3) is 0.500. The molecule has 18 heavy (non-hydrogen) atoms. The lowest BCUT2D eigenvalue weighted by atomic mass is 10.2. The topological polar surface area (TPSA) is 32.3 Å². The first kappa shape index (κ1) is 13.4. The highest BCUT2D eigenvalue weighted by atomic mass is 35.5. The largest absolute Gasteiger partial charge is 0.355 e. The third-order valence-electron chi connectivity index (χ3n) is 3.04. The summed E-state index contributed by atoms with van der Waals surface area (Å²) in [7, 11) is 1.94. The van der Waals surface area contributed by atoms with Gasteiger partial charge in [0.25, 0.3) is 0 Å². The summed E-state index contributed by atoms with van der Waals surface area (Å²) in [4.78, 5) is 13.7. The molecule has 0 bridgehead atoms. The summed E-state index contributed by atoms with van der Waals surface area (Å²) in [6.07, 6.45) is 2.53. The minimum absolute atomic E-state index is 0.103. The van der Waals surface area contributed by atoms with Crippen molar-refractivity contribution in [1.29, 1.82) is 0 Å². The van der Waals surface area contributed by atoms with Gasteiger partial charge in [-0.1, -0.05) is 23.7 Å². The number of likely N-dealkylation sites (N-methyl/N-ethyl adjacent to an activating group) is 1. The van der Waals surface area contributed by atoms with Crippen LogP contribution >= 0.6 is 11.6 Å². The van der Waals surface area contributed by atoms with Crippen LogP contribution in [-0.4, -0.2) is 30.9 Å². The number of carbonyl (C=O) groups is 1. The van der Waals surface area contributed by atoms with Crippen LogP contribution in [0.3, 0.4) is 0 Å². The van der Waals surface area contributed by atoms with Crippen LogP contribution in [0.1, 0.15) is 18.4 Å². The van der Waals surface area contributed by atoms with Gasteiger partial charge >= 0.3 is 0 Å². The van der Waals surface area contributed by atoms with Crippen LogP contribution < -0.4 is 5.32 Å². The van der Waals surface area contributed by atoms with Gasteiger partial charge in [0.1, 0.15) is 0 Å². The van der Waals surface area contributed by atoms with Gasteiger partial charge in [-0.15, -0.1) is 0 Å². The van der Waals surface area contributed by atoms with Gasteiger partial charge in [-0.05, 0) is 43.5 Å². The third kappa shape index (κ3) is 4.67. The van der Waals surface area contributed by atoms with Gasteiger partial charge in [-0.25, -0.2) is 0 Å². The normalized spacial score (nSPS) is 14.8. The Kier molecular flexibility index (Phi) is 4.61. The molecular formula is C14H19ClN2O. The summed E-state index contributed by atoms with van der Waals surface area (Å²) < 4.78 is 0. The van der Waals surface area contributed by atoms with Crippen LogP contribution in [0, 0.1) is 5.92 Å². The van der Waals surface area contributed by atoms with Gasteiger partial charge < -0.3 is 5.32 Å². The molecule has 0 heterocycles. The van der Waals surface area contributed by atoms with Crippen LogP contribution in [0.2, 0.25) is 5.02 Å². The molecule has 0 atom stereocenters. The number of hydrogen-bond acceptors (Lipinski definition) is 2. The van der Waals surface area contributed by atoms with Gasteiger partial charge in [0.05, 0.1) is 6.54 Å². The quantitative estimate of drug-likeness (QED) is 0.857. The highest BCUT2D eigenvalue weighted by Gasteiger charge is 2.21. The van der Waals surface area contributed by atoms with E-state index in [1.807, 2.05) is 36.2 Å². The minimum atomic E-state index is 0.103. The second-order valence-corrected chi connectivity index (χ2v) is 5.49. The van der Waals surface area contributed by atoms with E-state index in [1.54, 1.807) is 0 Å². The van der Waals surface area contributed by atoms with Crippen molar-refractivity contribution in [2.24, 2.45) is 5.92 Å². The van der Waals surface area contributed by atoms with Crippen molar-refractivity contribution in [1.82, 2.24) is 10.2 Å². The molecule has 2 rings (SSSR count). The van der Waals surface area contributed by atoms with Crippen LogP contribution in [-0.2, 0) is 11.3 Å². The average molecular weight is 267 g/mol. The average Bonchev–Trinajstić information content (AvgIpc) is 3.09. The van der Waals surface area contributed by atoms with Crippen LogP contribution in [0.25, 0.3) is 0 Å². The predicted octanol–water partition coefficient (Wildman–Crippen LogP) is 2.30. The van der Waals surface area contributed by atoms with Gasteiger partial charge in [0.2, 0.25) is 5.91 Å². The van der Waals surface area contributed by atoms with Crippen molar-refractivity contribution >= 4 is 17.5 Å². The number of halogens is 1. The van der Waals surface area contributed by atoms with Crippen molar-refractivity contribution < 1.29 is 4.79 Å². The molecular weight excluding hydrogens is 248 g/mol. The van der Waals surface area contributed by atoms with Crippen LogP contribution in [0.4, 0.5) is 0 Å². The smallest absolute Gasteiger partial charge is 0.234 e. The Morgan fingerprint density at radius 3 is 2.94 bits per heavy atom. The van der Waals surface area contributed by atoms with Crippen molar-refractivity contribution in [3.8, 4) is 0 Å². The first-order chi connectivity index (χ1) is 8.63. The molecule has 1 aromatic rings. The van der Waals surface area contributed by atoms with E-state index in [0.29, 0.717) is 6.54 Å². The standard InChI is InChI=1S/C14H19ClN2O/c1-17(9-12-3-2-4-13(15)7-12)10-14(18)16-8-11-5-6-11/h2-4,7,11H,5-6,8-10H2,1H3,(H,16,18). The number of amides is 1. The maximum Gasteiger partial charge on any atom is 0.234 e. The van der Waals surface area contributed by atoms with Crippen LogP contribution in [0.5, 0.6) is 0 Å². The van der Waals surface area contributed by atoms with Crippen LogP contribution in [0.15, 0.2) is 24.3 Å². The second kappa shape index (κ2) is 6.21. The lowest BCUT2D eigenvalue weighted by molar-refractivity contribution is -0.122. The third-order valence-corrected chi connectivity index (χ3v) is 3.27. The van der Waals surface area contributed by atoms with Crippen molar-refractivity contribution in [3.05, 3.63) is 34.9 Å². The molecule has 1 saturated carbocycles. The summed E-state index contributed by atoms with van der Waals surface area (Å²) in [6, 6.07) is 7.73. The van der Waals surface area contributed by atoms with E-state index in [4.69, 9.17) is 11.6 Å². The molecule has 98 valence electrons. The molecule has 0 radical (unpaired) electrons. The number of carbonyl (C=O) groups excluding carboxylic acids is 1. The maximum atomic E-state index is 11.7. The number of nitrogens with zero attached hydrogens (tertiary/aromatic N) is 1. The van der Waals surface area contributed by atoms with E-state index >= 15 is 0 Å². The molecule has 0 spiro atoms. The molecule has 0 saturated heterocycles. The second-order valence-electron chi connectivity index (χ2n) is 5.05. The summed E-state index contributed by atoms with van der Waals surface area (Å²) in [5, 5.41) is 3.70. The van der Waals surface area contributed by atoms with Gasteiger partial charge in [0, 0.05) is 18.1 Å². The molecule has 1 aromatic carbocycles. The number of rotatable bonds is 6. The maximum absolute atomic E-state index is 11.7. The fourth-order valence-corrected chi connectivity index (χ4v) is 2.10. The summed E-state index contributed by atoms with van der Waals surface area (Å²) >= 11 is 5.93. The minimum Gasteiger partial charge on any atom is -0.355 e. The molecule has 1 aliphatic carbocycles. The highest BCUT2D eigenvalue weighted by molar-refractivity contribution is 6.30. The number of benzene rings is 1. The monoisotopic (exact) mass is 266 g/mol. The van der Waals surface area contributed by atoms with Crippen molar-refractivity contribution in [2.45, 2.75) is 19.4 Å². The van der Waals surface area contributed by atoms with E-state index in [9.17, 15) is 4.79 Å². The molecule has 0 aromatic heterocycles. The zero-order chi connectivity index (χ0) is 13.0. The Hall–Kier alpha value is -1.06. The Balaban J connectivity index is 1.73. The first-order valence-electron chi connectivity index (χ1n) is 6.33. The molecule has 0 aliphatic heterocycles. The van der Waals surface area contributed by atoms with Gasteiger partial charge in [-0.2, -0.15) is 0 Å². The molecule has 1 fully saturated rings. The molecule has 4 heteroatoms. The Morgan fingerprint density at radius 2 is 2.28 bits per heavy atom. The molecule has 3 nitrogen and oxygen atoms in total. The Bertz CT molecular complexity index is 418. The van der Waals surface area contributed by atoms with E-state index in [1.165, 1.54) is 12.8 Å². The molecule has 1 aliphatic rings.